The van der Waals surface area contributed by atoms with Crippen molar-refractivity contribution in [3.63, 3.8) is 0 Å². The quantitative estimate of drug-likeness (QED) is 0.506. The van der Waals surface area contributed by atoms with Gasteiger partial charge >= 0.3 is 0 Å². The van der Waals surface area contributed by atoms with E-state index < -0.39 is 0 Å². The number of hydrogen-bond acceptors (Lipinski definition) is 3. The second-order valence-electron chi connectivity index (χ2n) is 3.49. The van der Waals surface area contributed by atoms with Gasteiger partial charge in [-0.2, -0.15) is 0 Å². The third kappa shape index (κ3) is 1.55. The highest BCUT2D eigenvalue weighted by Gasteiger charge is 2.37. The second-order valence-corrected chi connectivity index (χ2v) is 3.49. The lowest BCUT2D eigenvalue weighted by Crippen LogP contribution is -2.58. The smallest absolute Gasteiger partial charge is 0.0951 e. The Bertz CT molecular complexity index is 124. The average molecular weight is 156 g/mol. The maximum Gasteiger partial charge on any atom is 0.0951 e. The molecule has 3 nitrogen and oxygen atoms in total. The van der Waals surface area contributed by atoms with Gasteiger partial charge in [-0.15, -0.1) is 0 Å². The molecular formula is C8H16N2O. The van der Waals surface area contributed by atoms with Crippen molar-refractivity contribution < 1.29 is 4.74 Å². The molecule has 11 heavy (non-hydrogen) atoms. The van der Waals surface area contributed by atoms with E-state index in [0.717, 1.165) is 32.8 Å². The molecule has 0 bridgehead atoms. The zero-order valence-corrected chi connectivity index (χ0v) is 6.86. The van der Waals surface area contributed by atoms with Gasteiger partial charge < -0.3 is 15.4 Å². The molecule has 0 aromatic carbocycles. The van der Waals surface area contributed by atoms with Crippen LogP contribution < -0.4 is 10.6 Å². The van der Waals surface area contributed by atoms with E-state index in [2.05, 4.69) is 10.6 Å². The highest BCUT2D eigenvalue weighted by Crippen LogP contribution is 2.25. The van der Waals surface area contributed by atoms with Crippen molar-refractivity contribution in [2.75, 3.05) is 32.8 Å². The summed E-state index contributed by atoms with van der Waals surface area (Å²) in [6.07, 6.45) is 2.45. The number of rotatable bonds is 0. The Morgan fingerprint density at radius 1 is 1.09 bits per heavy atom. The number of nitrogens with one attached hydrogen (secondary N) is 2. The van der Waals surface area contributed by atoms with Gasteiger partial charge in [-0.25, -0.2) is 0 Å². The molecular weight excluding hydrogens is 140 g/mol. The van der Waals surface area contributed by atoms with Crippen LogP contribution in [0.25, 0.3) is 0 Å². The van der Waals surface area contributed by atoms with Crippen molar-refractivity contribution in [3.05, 3.63) is 0 Å². The molecule has 1 spiro atoms. The summed E-state index contributed by atoms with van der Waals surface area (Å²) < 4.78 is 5.57. The molecule has 2 fully saturated rings. The van der Waals surface area contributed by atoms with E-state index in [1.54, 1.807) is 0 Å². The maximum absolute atomic E-state index is 5.57. The van der Waals surface area contributed by atoms with E-state index in [1.807, 2.05) is 0 Å². The fourth-order valence-corrected chi connectivity index (χ4v) is 1.70. The van der Waals surface area contributed by atoms with Crippen LogP contribution in [0.4, 0.5) is 0 Å². The third-order valence-electron chi connectivity index (χ3n) is 2.57. The normalized spacial score (nSPS) is 30.5. The molecule has 2 aliphatic heterocycles. The second kappa shape index (κ2) is 3.09. The van der Waals surface area contributed by atoms with Gasteiger partial charge in [0.25, 0.3) is 0 Å². The van der Waals surface area contributed by atoms with Crippen LogP contribution in [-0.4, -0.2) is 38.4 Å². The zero-order chi connectivity index (χ0) is 7.57. The number of ether oxygens (including phenoxy) is 1. The van der Waals surface area contributed by atoms with Crippen molar-refractivity contribution in [1.29, 1.82) is 0 Å². The van der Waals surface area contributed by atoms with Gasteiger partial charge in [0.05, 0.1) is 12.2 Å². The van der Waals surface area contributed by atoms with E-state index in [-0.39, 0.29) is 5.60 Å². The van der Waals surface area contributed by atoms with Crippen LogP contribution in [0.5, 0.6) is 0 Å². The molecule has 0 aromatic heterocycles. The lowest BCUT2D eigenvalue weighted by molar-refractivity contribution is -0.142. The first kappa shape index (κ1) is 7.53. The van der Waals surface area contributed by atoms with Gasteiger partial charge in [-0.3, -0.25) is 0 Å². The summed E-state index contributed by atoms with van der Waals surface area (Å²) in [4.78, 5) is 0. The Morgan fingerprint density at radius 3 is 2.18 bits per heavy atom. The highest BCUT2D eigenvalue weighted by molar-refractivity contribution is 4.92. The minimum Gasteiger partial charge on any atom is -0.372 e. The first-order valence-electron chi connectivity index (χ1n) is 4.47. The van der Waals surface area contributed by atoms with E-state index in [0.29, 0.717) is 0 Å². The van der Waals surface area contributed by atoms with Gasteiger partial charge in [0.2, 0.25) is 0 Å². The minimum absolute atomic E-state index is 0.153. The zero-order valence-electron chi connectivity index (χ0n) is 6.86. The predicted molar refractivity (Wildman–Crippen MR) is 43.7 cm³/mol. The molecule has 64 valence electrons. The first-order chi connectivity index (χ1) is 5.41. The standard InChI is InChI=1S/C8H16N2O/c1-3-9-6-8(2-5-11-8)7-10-4-1/h9-10H,1-7H2. The molecule has 3 heteroatoms. The Kier molecular flexibility index (Phi) is 2.11. The van der Waals surface area contributed by atoms with Crippen LogP contribution in [0, 0.1) is 0 Å². The van der Waals surface area contributed by atoms with Gasteiger partial charge in [-0.05, 0) is 19.5 Å². The molecule has 2 N–H and O–H groups in total. The summed E-state index contributed by atoms with van der Waals surface area (Å²) >= 11 is 0. The Balaban J connectivity index is 1.86. The SMILES string of the molecule is C1CNCC2(CCO2)CNC1. The molecule has 2 rings (SSSR count). The monoisotopic (exact) mass is 156 g/mol. The highest BCUT2D eigenvalue weighted by atomic mass is 16.5. The molecule has 2 saturated heterocycles. The van der Waals surface area contributed by atoms with Crippen molar-refractivity contribution in [3.8, 4) is 0 Å². The van der Waals surface area contributed by atoms with Crippen molar-refractivity contribution in [2.45, 2.75) is 18.4 Å². The summed E-state index contributed by atoms with van der Waals surface area (Å²) in [6, 6.07) is 0. The lowest BCUT2D eigenvalue weighted by atomic mass is 9.94. The van der Waals surface area contributed by atoms with E-state index in [1.165, 1.54) is 12.8 Å². The van der Waals surface area contributed by atoms with Crippen LogP contribution in [0.3, 0.4) is 0 Å². The molecule has 2 aliphatic rings. The Labute approximate surface area is 67.5 Å². The van der Waals surface area contributed by atoms with E-state index in [4.69, 9.17) is 4.74 Å². The summed E-state index contributed by atoms with van der Waals surface area (Å²) in [5.74, 6) is 0. The fourth-order valence-electron chi connectivity index (χ4n) is 1.70. The van der Waals surface area contributed by atoms with Gasteiger partial charge in [0.15, 0.2) is 0 Å². The number of hydrogen-bond donors (Lipinski definition) is 2. The molecule has 2 heterocycles. The molecule has 0 aliphatic carbocycles. The summed E-state index contributed by atoms with van der Waals surface area (Å²) in [5, 5.41) is 6.83. The van der Waals surface area contributed by atoms with Crippen LogP contribution in [-0.2, 0) is 4.74 Å². The largest absolute Gasteiger partial charge is 0.372 e. The van der Waals surface area contributed by atoms with Crippen molar-refractivity contribution in [2.24, 2.45) is 0 Å². The van der Waals surface area contributed by atoms with Crippen LogP contribution in [0.15, 0.2) is 0 Å². The van der Waals surface area contributed by atoms with Crippen molar-refractivity contribution in [1.82, 2.24) is 10.6 Å². The maximum atomic E-state index is 5.57. The molecule has 0 aromatic rings. The Morgan fingerprint density at radius 2 is 1.73 bits per heavy atom. The fraction of sp³-hybridized carbons (Fsp3) is 1.00. The molecule has 0 atom stereocenters. The minimum atomic E-state index is 0.153. The van der Waals surface area contributed by atoms with Gasteiger partial charge in [0, 0.05) is 19.5 Å². The van der Waals surface area contributed by atoms with Crippen molar-refractivity contribution >= 4 is 0 Å². The van der Waals surface area contributed by atoms with Crippen LogP contribution >= 0.6 is 0 Å². The third-order valence-corrected chi connectivity index (χ3v) is 2.57. The topological polar surface area (TPSA) is 33.3 Å². The summed E-state index contributed by atoms with van der Waals surface area (Å²) in [5.41, 5.74) is 0.153. The first-order valence-corrected chi connectivity index (χ1v) is 4.47. The summed E-state index contributed by atoms with van der Waals surface area (Å²) in [6.45, 7) is 5.25. The van der Waals surface area contributed by atoms with Gasteiger partial charge in [-0.1, -0.05) is 0 Å². The Hall–Kier alpha value is -0.120. The molecule has 0 amide bonds. The molecule has 0 unspecified atom stereocenters. The average Bonchev–Trinajstić information content (AvgIpc) is 1.82. The van der Waals surface area contributed by atoms with Gasteiger partial charge in [0.1, 0.15) is 0 Å². The predicted octanol–water partition coefficient (Wildman–Crippen LogP) is -0.272. The summed E-state index contributed by atoms with van der Waals surface area (Å²) in [7, 11) is 0. The van der Waals surface area contributed by atoms with Crippen LogP contribution in [0.2, 0.25) is 0 Å². The van der Waals surface area contributed by atoms with E-state index >= 15 is 0 Å². The van der Waals surface area contributed by atoms with E-state index in [9.17, 15) is 0 Å². The molecule has 0 radical (unpaired) electrons. The van der Waals surface area contributed by atoms with Crippen LogP contribution in [0.1, 0.15) is 12.8 Å². The lowest BCUT2D eigenvalue weighted by Gasteiger charge is -2.43. The molecule has 0 saturated carbocycles.